The normalized spacial score (nSPS) is 14.9. The number of rotatable bonds is 4. The van der Waals surface area contributed by atoms with Crippen molar-refractivity contribution in [3.05, 3.63) is 0 Å². The first-order valence-corrected chi connectivity index (χ1v) is 6.27. The van der Waals surface area contributed by atoms with Gasteiger partial charge >= 0.3 is 12.7 Å². The van der Waals surface area contributed by atoms with E-state index >= 15 is 0 Å². The van der Waals surface area contributed by atoms with E-state index in [1.165, 1.54) is 0 Å². The molecule has 0 aromatic carbocycles. The summed E-state index contributed by atoms with van der Waals surface area (Å²) in [5.74, 6) is 0. The van der Waals surface area contributed by atoms with Crippen LogP contribution in [0.1, 0.15) is 0 Å². The third-order valence-corrected chi connectivity index (χ3v) is 3.93. The minimum absolute atomic E-state index is 2.32. The van der Waals surface area contributed by atoms with Gasteiger partial charge in [0.05, 0.1) is 0 Å². The third kappa shape index (κ3) is 9.13. The Morgan fingerprint density at radius 2 is 0.941 bits per heavy atom. The molecule has 0 saturated carbocycles. The summed E-state index contributed by atoms with van der Waals surface area (Å²) < 4.78 is 115. The highest BCUT2D eigenvalue weighted by molar-refractivity contribution is 8.03. The number of hydrogen-bond donors (Lipinski definition) is 0. The highest BCUT2D eigenvalue weighted by atomic mass is 32.3. The molecular weight excluding hydrogens is 310 g/mol. The molecular formula is C3H2F6O6S2. The van der Waals surface area contributed by atoms with Gasteiger partial charge in [0.2, 0.25) is 5.08 Å². The van der Waals surface area contributed by atoms with Crippen molar-refractivity contribution in [2.24, 2.45) is 0 Å². The van der Waals surface area contributed by atoms with Crippen molar-refractivity contribution in [2.45, 2.75) is 12.7 Å². The van der Waals surface area contributed by atoms with Gasteiger partial charge in [0.15, 0.2) is 0 Å². The molecule has 0 aromatic rings. The summed E-state index contributed by atoms with van der Waals surface area (Å²) in [6, 6.07) is 0. The van der Waals surface area contributed by atoms with Crippen molar-refractivity contribution in [1.29, 1.82) is 0 Å². The average Bonchev–Trinajstić information content (AvgIpc) is 1.65. The highest BCUT2D eigenvalue weighted by Crippen LogP contribution is 2.24. The Balaban J connectivity index is 4.86. The standard InChI is InChI=1S/C3H2F6O6S2/c4-2(5,6)14-16(10,11)1-17(12,13)15-3(7,8)9/h1H2. The molecule has 0 rings (SSSR count). The summed E-state index contributed by atoms with van der Waals surface area (Å²) in [6.45, 7) is 0. The Labute approximate surface area is 90.4 Å². The van der Waals surface area contributed by atoms with E-state index in [0.717, 1.165) is 0 Å². The molecule has 0 unspecified atom stereocenters. The van der Waals surface area contributed by atoms with Gasteiger partial charge in [-0.1, -0.05) is 0 Å². The summed E-state index contributed by atoms with van der Waals surface area (Å²) in [6.07, 6.45) is -11.5. The maximum absolute atomic E-state index is 11.4. The van der Waals surface area contributed by atoms with Crippen LogP contribution in [0, 0.1) is 0 Å². The smallest absolute Gasteiger partial charge is 0.198 e. The number of halogens is 6. The van der Waals surface area contributed by atoms with E-state index < -0.39 is 38.0 Å². The molecule has 104 valence electrons. The van der Waals surface area contributed by atoms with E-state index in [2.05, 4.69) is 8.37 Å². The molecule has 0 aliphatic carbocycles. The first-order chi connectivity index (χ1) is 7.12. The van der Waals surface area contributed by atoms with Crippen LogP contribution in [0.2, 0.25) is 0 Å². The topological polar surface area (TPSA) is 86.7 Å². The van der Waals surface area contributed by atoms with Gasteiger partial charge in [0, 0.05) is 0 Å². The average molecular weight is 312 g/mol. The molecule has 6 nitrogen and oxygen atoms in total. The quantitative estimate of drug-likeness (QED) is 0.560. The summed E-state index contributed by atoms with van der Waals surface area (Å²) in [7, 11) is -11.6. The zero-order valence-electron chi connectivity index (χ0n) is 7.24. The predicted molar refractivity (Wildman–Crippen MR) is 37.0 cm³/mol. The lowest BCUT2D eigenvalue weighted by atomic mass is 11.4. The van der Waals surface area contributed by atoms with Crippen LogP contribution < -0.4 is 0 Å². The van der Waals surface area contributed by atoms with Gasteiger partial charge in [0.25, 0.3) is 20.2 Å². The molecule has 0 heterocycles. The molecule has 0 bridgehead atoms. The van der Waals surface area contributed by atoms with Crippen molar-refractivity contribution in [3.63, 3.8) is 0 Å². The second-order valence-corrected chi connectivity index (χ2v) is 5.80. The van der Waals surface area contributed by atoms with Gasteiger partial charge in [-0.3, -0.25) is 0 Å². The Hall–Kier alpha value is -0.600. The predicted octanol–water partition coefficient (Wildman–Crippen LogP) is 0.676. The SMILES string of the molecule is O=S(=O)(CS(=O)(=O)OC(F)(F)F)OC(F)(F)F. The molecule has 0 saturated heterocycles. The van der Waals surface area contributed by atoms with E-state index in [-0.39, 0.29) is 0 Å². The fourth-order valence-corrected chi connectivity index (χ4v) is 2.89. The van der Waals surface area contributed by atoms with Crippen LogP contribution in [0.15, 0.2) is 0 Å². The Bertz CT molecular complexity index is 411. The molecule has 0 radical (unpaired) electrons. The van der Waals surface area contributed by atoms with Gasteiger partial charge in [-0.25, -0.2) is 0 Å². The Morgan fingerprint density at radius 3 is 1.12 bits per heavy atom. The number of hydrogen-bond acceptors (Lipinski definition) is 6. The monoisotopic (exact) mass is 312 g/mol. The minimum Gasteiger partial charge on any atom is -0.198 e. The van der Waals surface area contributed by atoms with Crippen LogP contribution in [-0.2, 0) is 28.6 Å². The van der Waals surface area contributed by atoms with E-state index in [4.69, 9.17) is 0 Å². The first kappa shape index (κ1) is 16.4. The second-order valence-electron chi connectivity index (χ2n) is 2.29. The van der Waals surface area contributed by atoms with Crippen LogP contribution in [0.5, 0.6) is 0 Å². The summed E-state index contributed by atoms with van der Waals surface area (Å²) in [5, 5.41) is -2.63. The van der Waals surface area contributed by atoms with Crippen LogP contribution >= 0.6 is 0 Å². The van der Waals surface area contributed by atoms with E-state index in [1.54, 1.807) is 0 Å². The van der Waals surface area contributed by atoms with Gasteiger partial charge in [-0.15, -0.1) is 26.3 Å². The highest BCUT2D eigenvalue weighted by Gasteiger charge is 2.43. The molecule has 0 spiro atoms. The molecule has 0 aliphatic rings. The van der Waals surface area contributed by atoms with Crippen molar-refractivity contribution in [2.75, 3.05) is 5.08 Å². The number of alkyl halides is 6. The zero-order chi connectivity index (χ0) is 14.1. The van der Waals surface area contributed by atoms with Crippen molar-refractivity contribution in [3.8, 4) is 0 Å². The van der Waals surface area contributed by atoms with Crippen LogP contribution in [0.4, 0.5) is 26.3 Å². The molecule has 0 amide bonds. The lowest BCUT2D eigenvalue weighted by molar-refractivity contribution is -0.272. The van der Waals surface area contributed by atoms with E-state index in [0.29, 0.717) is 0 Å². The maximum atomic E-state index is 11.4. The Kier molecular flexibility index (Phi) is 4.42. The van der Waals surface area contributed by atoms with Gasteiger partial charge < -0.3 is 0 Å². The van der Waals surface area contributed by atoms with E-state index in [1.807, 2.05) is 0 Å². The molecule has 0 aliphatic heterocycles. The second kappa shape index (κ2) is 4.58. The molecule has 14 heteroatoms. The lowest BCUT2D eigenvalue weighted by Crippen LogP contribution is -2.29. The summed E-state index contributed by atoms with van der Waals surface area (Å²) >= 11 is 0. The largest absolute Gasteiger partial charge is 0.537 e. The first-order valence-electron chi connectivity index (χ1n) is 3.12. The maximum Gasteiger partial charge on any atom is 0.537 e. The van der Waals surface area contributed by atoms with Crippen LogP contribution in [-0.4, -0.2) is 34.6 Å². The van der Waals surface area contributed by atoms with Crippen LogP contribution in [0.25, 0.3) is 0 Å². The summed E-state index contributed by atoms with van der Waals surface area (Å²) in [4.78, 5) is 0. The van der Waals surface area contributed by atoms with E-state index in [9.17, 15) is 43.2 Å². The molecule has 17 heavy (non-hydrogen) atoms. The van der Waals surface area contributed by atoms with Gasteiger partial charge in [0.1, 0.15) is 0 Å². The molecule has 0 N–H and O–H groups in total. The summed E-state index contributed by atoms with van der Waals surface area (Å²) in [5.41, 5.74) is 0. The van der Waals surface area contributed by atoms with Crippen molar-refractivity contribution in [1.82, 2.24) is 0 Å². The zero-order valence-corrected chi connectivity index (χ0v) is 8.87. The van der Waals surface area contributed by atoms with Crippen molar-refractivity contribution >= 4 is 20.2 Å². The molecule has 0 fully saturated rings. The third-order valence-electron chi connectivity index (χ3n) is 0.732. The van der Waals surface area contributed by atoms with Crippen molar-refractivity contribution < 1.29 is 51.5 Å². The fourth-order valence-electron chi connectivity index (χ4n) is 0.513. The van der Waals surface area contributed by atoms with Crippen LogP contribution in [0.3, 0.4) is 0 Å². The lowest BCUT2D eigenvalue weighted by Gasteiger charge is -2.09. The Morgan fingerprint density at radius 1 is 0.706 bits per heavy atom. The molecule has 0 aromatic heterocycles. The van der Waals surface area contributed by atoms with Gasteiger partial charge in [-0.05, 0) is 0 Å². The minimum atomic E-state index is -5.81. The molecule has 0 atom stereocenters. The fraction of sp³-hybridized carbons (Fsp3) is 1.00. The van der Waals surface area contributed by atoms with Gasteiger partial charge in [-0.2, -0.15) is 25.2 Å².